The Morgan fingerprint density at radius 2 is 1.54 bits per heavy atom. The predicted molar refractivity (Wildman–Crippen MR) is 105 cm³/mol. The first kappa shape index (κ1) is 17.0. The molecule has 2 aromatic heterocycles. The molecule has 5 rings (SSSR count). The Morgan fingerprint density at radius 1 is 0.769 bits per heavy atom. The van der Waals surface area contributed by atoms with Gasteiger partial charge in [-0.1, -0.05) is 12.2 Å². The molecule has 0 spiro atoms. The van der Waals surface area contributed by atoms with Crippen molar-refractivity contribution < 1.29 is 22.4 Å². The van der Waals surface area contributed by atoms with Crippen molar-refractivity contribution in [3.8, 4) is 0 Å². The summed E-state index contributed by atoms with van der Waals surface area (Å²) in [4.78, 5) is 12.2. The van der Waals surface area contributed by atoms with Gasteiger partial charge in [0, 0.05) is 50.2 Å². The Morgan fingerprint density at radius 3 is 2.38 bits per heavy atom. The van der Waals surface area contributed by atoms with Crippen LogP contribution < -0.4 is 16.0 Å². The maximum absolute atomic E-state index is 5.47. The molecule has 3 aliphatic heterocycles. The minimum absolute atomic E-state index is 0. The van der Waals surface area contributed by atoms with Gasteiger partial charge in [0.2, 0.25) is 0 Å². The van der Waals surface area contributed by atoms with Crippen molar-refractivity contribution in [2.45, 2.75) is 0 Å². The van der Waals surface area contributed by atoms with Crippen LogP contribution in [-0.4, -0.2) is 20.5 Å². The first-order valence-electron chi connectivity index (χ1n) is 8.02. The number of aliphatic imine (C=N–C) groups is 1. The van der Waals surface area contributed by atoms with Gasteiger partial charge < -0.3 is 15.3 Å². The van der Waals surface area contributed by atoms with Crippen molar-refractivity contribution in [1.82, 2.24) is 15.3 Å². The SMILES string of the molecule is S=C1C=C2C=c3ccc([nH]3)=Cc3ccc([nH]3)C=C3C=CC(=N3)C=C1N2.[Au]. The molecule has 0 aromatic carbocycles. The van der Waals surface area contributed by atoms with Crippen LogP contribution in [0.25, 0.3) is 18.2 Å². The fourth-order valence-corrected chi connectivity index (χ4v) is 3.29. The molecule has 6 heteroatoms. The molecule has 0 unspecified atom stereocenters. The molecule has 0 atom stereocenters. The van der Waals surface area contributed by atoms with E-state index in [-0.39, 0.29) is 22.4 Å². The molecule has 0 fully saturated rings. The van der Waals surface area contributed by atoms with Crippen molar-refractivity contribution in [3.05, 3.63) is 87.7 Å². The number of rotatable bonds is 0. The van der Waals surface area contributed by atoms with Gasteiger partial charge in [-0.15, -0.1) is 0 Å². The van der Waals surface area contributed by atoms with E-state index in [1.807, 2.05) is 36.5 Å². The van der Waals surface area contributed by atoms with Crippen LogP contribution in [0.3, 0.4) is 0 Å². The van der Waals surface area contributed by atoms with E-state index in [0.29, 0.717) is 0 Å². The quantitative estimate of drug-likeness (QED) is 0.355. The molecule has 2 aromatic rings. The zero-order valence-corrected chi connectivity index (χ0v) is 16.5. The standard InChI is InChI=1S/C20H14N4S.Au/c25-20-11-18-9-16-4-3-14(22-16)7-12-1-2-13(21-12)8-15-5-6-17(23-15)10-19(20)24-18;/h1-11,21-22,24H;. The number of H-pyrrole nitrogens is 2. The fourth-order valence-electron chi connectivity index (χ4n) is 3.05. The largest absolute Gasteiger partial charge is 0.355 e. The third kappa shape index (κ3) is 3.30. The van der Waals surface area contributed by atoms with E-state index >= 15 is 0 Å². The molecule has 0 saturated heterocycles. The van der Waals surface area contributed by atoms with E-state index in [1.165, 1.54) is 0 Å². The maximum Gasteiger partial charge on any atom is 0.0658 e. The van der Waals surface area contributed by atoms with Crippen LogP contribution in [0.4, 0.5) is 0 Å². The molecular weight excluding hydrogens is 525 g/mol. The Labute approximate surface area is 171 Å². The number of hydrogen-bond donors (Lipinski definition) is 3. The Bertz CT molecular complexity index is 1180. The minimum atomic E-state index is 0. The first-order chi connectivity index (χ1) is 12.2. The second-order valence-electron chi connectivity index (χ2n) is 6.11. The normalized spacial score (nSPS) is 17.2. The maximum atomic E-state index is 5.47. The fraction of sp³-hybridized carbons (Fsp3) is 0. The number of aromatic nitrogens is 2. The number of aromatic amines is 2. The van der Waals surface area contributed by atoms with Crippen LogP contribution in [0.5, 0.6) is 0 Å². The summed E-state index contributed by atoms with van der Waals surface area (Å²) < 4.78 is 0. The van der Waals surface area contributed by atoms with Crippen molar-refractivity contribution in [3.63, 3.8) is 0 Å². The van der Waals surface area contributed by atoms with E-state index < -0.39 is 0 Å². The second-order valence-corrected chi connectivity index (χ2v) is 6.55. The van der Waals surface area contributed by atoms with Crippen molar-refractivity contribution in [2.24, 2.45) is 4.99 Å². The Kier molecular flexibility index (Phi) is 4.38. The molecular formula is C20H14AuN4S. The minimum Gasteiger partial charge on any atom is -0.355 e. The van der Waals surface area contributed by atoms with Crippen molar-refractivity contribution >= 4 is 41.0 Å². The van der Waals surface area contributed by atoms with Crippen LogP contribution >= 0.6 is 12.2 Å². The third-order valence-electron chi connectivity index (χ3n) is 4.19. The van der Waals surface area contributed by atoms with Gasteiger partial charge in [0.15, 0.2) is 0 Å². The van der Waals surface area contributed by atoms with Gasteiger partial charge in [-0.3, -0.25) is 0 Å². The topological polar surface area (TPSA) is 56.0 Å². The zero-order valence-electron chi connectivity index (χ0n) is 13.5. The summed E-state index contributed by atoms with van der Waals surface area (Å²) in [6, 6.07) is 8.22. The molecule has 3 aliphatic rings. The van der Waals surface area contributed by atoms with Gasteiger partial charge in [0.25, 0.3) is 0 Å². The Hall–Kier alpha value is -2.44. The molecule has 0 aliphatic carbocycles. The summed E-state index contributed by atoms with van der Waals surface area (Å²) >= 11 is 5.47. The number of nitrogens with zero attached hydrogens (tertiary/aromatic N) is 1. The van der Waals surface area contributed by atoms with E-state index in [4.69, 9.17) is 12.2 Å². The number of thiocarbonyl (C=S) groups is 1. The molecule has 8 bridgehead atoms. The van der Waals surface area contributed by atoms with Gasteiger partial charge >= 0.3 is 0 Å². The smallest absolute Gasteiger partial charge is 0.0658 e. The first-order valence-corrected chi connectivity index (χ1v) is 8.43. The van der Waals surface area contributed by atoms with E-state index in [9.17, 15) is 0 Å². The van der Waals surface area contributed by atoms with Gasteiger partial charge in [-0.2, -0.15) is 0 Å². The number of hydrogen-bond acceptors (Lipinski definition) is 3. The Balaban J connectivity index is 0.00000168. The molecule has 3 N–H and O–H groups in total. The van der Waals surface area contributed by atoms with Crippen LogP contribution in [0, 0.1) is 0 Å². The summed E-state index contributed by atoms with van der Waals surface area (Å²) in [5.41, 5.74) is 5.74. The number of allylic oxidation sites excluding steroid dienone is 5. The van der Waals surface area contributed by atoms with Gasteiger partial charge in [0.1, 0.15) is 0 Å². The average molecular weight is 539 g/mol. The molecule has 26 heavy (non-hydrogen) atoms. The molecule has 5 heterocycles. The summed E-state index contributed by atoms with van der Waals surface area (Å²) in [7, 11) is 0. The molecule has 0 amide bonds. The van der Waals surface area contributed by atoms with Gasteiger partial charge in [-0.25, -0.2) is 4.99 Å². The number of fused-ring (bicyclic) bond motifs is 7. The zero-order chi connectivity index (χ0) is 16.8. The van der Waals surface area contributed by atoms with Crippen LogP contribution in [0.15, 0.2) is 70.7 Å². The van der Waals surface area contributed by atoms with Crippen LogP contribution in [-0.2, 0) is 22.4 Å². The third-order valence-corrected chi connectivity index (χ3v) is 4.53. The summed E-state index contributed by atoms with van der Waals surface area (Å²) in [6.07, 6.45) is 14.1. The monoisotopic (exact) mass is 539 g/mol. The average Bonchev–Trinajstić information content (AvgIpc) is 3.33. The molecule has 0 saturated carbocycles. The van der Waals surface area contributed by atoms with Gasteiger partial charge in [0.05, 0.1) is 22.0 Å². The van der Waals surface area contributed by atoms with Crippen molar-refractivity contribution in [2.75, 3.05) is 0 Å². The van der Waals surface area contributed by atoms with E-state index in [1.54, 1.807) is 0 Å². The van der Waals surface area contributed by atoms with E-state index in [2.05, 4.69) is 50.6 Å². The van der Waals surface area contributed by atoms with Gasteiger partial charge in [-0.05, 0) is 66.8 Å². The van der Waals surface area contributed by atoms with Crippen LogP contribution in [0.1, 0.15) is 11.4 Å². The molecule has 1 radical (unpaired) electrons. The summed E-state index contributed by atoms with van der Waals surface area (Å²) in [5, 5.41) is 5.42. The summed E-state index contributed by atoms with van der Waals surface area (Å²) in [5.74, 6) is 0. The number of nitrogens with one attached hydrogen (secondary N) is 3. The second kappa shape index (κ2) is 6.70. The predicted octanol–water partition coefficient (Wildman–Crippen LogP) is 2.06. The van der Waals surface area contributed by atoms with E-state index in [0.717, 1.165) is 49.8 Å². The molecule has 4 nitrogen and oxygen atoms in total. The van der Waals surface area contributed by atoms with Crippen molar-refractivity contribution in [1.29, 1.82) is 0 Å². The van der Waals surface area contributed by atoms with Crippen LogP contribution in [0.2, 0.25) is 0 Å². The summed E-state index contributed by atoms with van der Waals surface area (Å²) in [6.45, 7) is 0. The molecule has 131 valence electrons.